The van der Waals surface area contributed by atoms with Gasteiger partial charge >= 0.3 is 0 Å². The van der Waals surface area contributed by atoms with E-state index in [0.29, 0.717) is 12.0 Å². The highest BCUT2D eigenvalue weighted by Gasteiger charge is 1.98. The molecule has 0 saturated heterocycles. The van der Waals surface area contributed by atoms with Crippen molar-refractivity contribution in [3.63, 3.8) is 0 Å². The summed E-state index contributed by atoms with van der Waals surface area (Å²) in [6.07, 6.45) is 0. The van der Waals surface area contributed by atoms with Crippen LogP contribution in [0, 0.1) is 5.92 Å². The van der Waals surface area contributed by atoms with Crippen LogP contribution in [-0.4, -0.2) is 32.3 Å². The molecule has 0 aliphatic heterocycles. The van der Waals surface area contributed by atoms with Crippen molar-refractivity contribution in [3.8, 4) is 0 Å². The van der Waals surface area contributed by atoms with Crippen molar-refractivity contribution in [1.29, 1.82) is 0 Å². The molecule has 0 saturated carbocycles. The smallest absolute Gasteiger partial charge is 0.0639 e. The molecule has 0 bridgehead atoms. The van der Waals surface area contributed by atoms with Gasteiger partial charge in [-0.3, -0.25) is 0 Å². The Morgan fingerprint density at radius 2 is 1.73 bits per heavy atom. The molecular weight excluding hydrogens is 188 g/mol. The normalized spacial score (nSPS) is 11.1. The van der Waals surface area contributed by atoms with Crippen molar-refractivity contribution in [3.05, 3.63) is 12.3 Å². The van der Waals surface area contributed by atoms with Gasteiger partial charge in [-0.15, -0.1) is 0 Å². The topological polar surface area (TPSA) is 33.3 Å². The molecule has 2 N–H and O–H groups in total. The molecule has 0 fully saturated rings. The molecule has 0 aromatic carbocycles. The Balaban J connectivity index is 3.15. The average Bonchev–Trinajstić information content (AvgIpc) is 2.15. The van der Waals surface area contributed by atoms with E-state index in [4.69, 9.17) is 4.74 Å². The fourth-order valence-electron chi connectivity index (χ4n) is 1.01. The summed E-state index contributed by atoms with van der Waals surface area (Å²) in [6.45, 7) is 15.7. The Morgan fingerprint density at radius 1 is 1.13 bits per heavy atom. The van der Waals surface area contributed by atoms with E-state index >= 15 is 0 Å². The summed E-state index contributed by atoms with van der Waals surface area (Å²) in [4.78, 5) is 0. The minimum absolute atomic E-state index is 0.493. The van der Waals surface area contributed by atoms with Crippen LogP contribution in [-0.2, 0) is 4.74 Å². The second kappa shape index (κ2) is 8.74. The van der Waals surface area contributed by atoms with Crippen LogP contribution in [0.15, 0.2) is 12.3 Å². The van der Waals surface area contributed by atoms with E-state index in [0.717, 1.165) is 32.0 Å². The molecule has 0 heterocycles. The van der Waals surface area contributed by atoms with E-state index in [1.807, 2.05) is 0 Å². The first-order valence-corrected chi connectivity index (χ1v) is 5.77. The molecule has 0 amide bonds. The summed E-state index contributed by atoms with van der Waals surface area (Å²) in [5.74, 6) is 0.493. The fourth-order valence-corrected chi connectivity index (χ4v) is 1.01. The summed E-state index contributed by atoms with van der Waals surface area (Å²) < 4.78 is 5.45. The Bertz CT molecular complexity index is 167. The molecule has 0 radical (unpaired) electrons. The highest BCUT2D eigenvalue weighted by Crippen LogP contribution is 2.00. The molecule has 3 heteroatoms. The lowest BCUT2D eigenvalue weighted by molar-refractivity contribution is 0.137. The number of nitrogens with one attached hydrogen (secondary N) is 2. The molecule has 0 unspecified atom stereocenters. The number of ether oxygens (including phenoxy) is 1. The van der Waals surface area contributed by atoms with Crippen LogP contribution in [0.1, 0.15) is 27.7 Å². The first-order chi connectivity index (χ1) is 7.04. The maximum atomic E-state index is 5.45. The summed E-state index contributed by atoms with van der Waals surface area (Å²) in [5.41, 5.74) is 1.08. The van der Waals surface area contributed by atoms with E-state index in [1.54, 1.807) is 0 Å². The van der Waals surface area contributed by atoms with Crippen LogP contribution < -0.4 is 10.6 Å². The van der Waals surface area contributed by atoms with Crippen LogP contribution in [0.3, 0.4) is 0 Å². The number of rotatable bonds is 9. The van der Waals surface area contributed by atoms with Crippen molar-refractivity contribution < 1.29 is 4.74 Å². The van der Waals surface area contributed by atoms with Crippen molar-refractivity contribution in [2.45, 2.75) is 33.7 Å². The second-order valence-electron chi connectivity index (χ2n) is 4.33. The lowest BCUT2D eigenvalue weighted by atomic mass is 10.1. The maximum Gasteiger partial charge on any atom is 0.0639 e. The first-order valence-electron chi connectivity index (χ1n) is 5.77. The van der Waals surface area contributed by atoms with Crippen molar-refractivity contribution in [2.75, 3.05) is 26.3 Å². The van der Waals surface area contributed by atoms with Crippen LogP contribution in [0.5, 0.6) is 0 Å². The molecule has 15 heavy (non-hydrogen) atoms. The Morgan fingerprint density at radius 3 is 2.27 bits per heavy atom. The molecular formula is C12H26N2O. The highest BCUT2D eigenvalue weighted by atomic mass is 16.5. The molecule has 90 valence electrons. The molecule has 0 aliphatic carbocycles. The summed E-state index contributed by atoms with van der Waals surface area (Å²) >= 11 is 0. The van der Waals surface area contributed by atoms with Crippen molar-refractivity contribution >= 4 is 0 Å². The van der Waals surface area contributed by atoms with Crippen LogP contribution >= 0.6 is 0 Å². The molecule has 0 aromatic heterocycles. The third kappa shape index (κ3) is 9.76. The second-order valence-corrected chi connectivity index (χ2v) is 4.33. The Labute approximate surface area is 94.3 Å². The van der Waals surface area contributed by atoms with E-state index in [9.17, 15) is 0 Å². The van der Waals surface area contributed by atoms with Gasteiger partial charge in [-0.1, -0.05) is 34.3 Å². The zero-order chi connectivity index (χ0) is 11.7. The number of hydrogen-bond acceptors (Lipinski definition) is 3. The molecule has 0 spiro atoms. The lowest BCUT2D eigenvalue weighted by Crippen LogP contribution is -2.28. The number of hydrogen-bond donors (Lipinski definition) is 2. The highest BCUT2D eigenvalue weighted by molar-refractivity contribution is 4.93. The van der Waals surface area contributed by atoms with Gasteiger partial charge in [0.15, 0.2) is 0 Å². The Hall–Kier alpha value is -0.540. The van der Waals surface area contributed by atoms with E-state index in [2.05, 4.69) is 44.9 Å². The molecule has 0 aromatic rings. The van der Waals surface area contributed by atoms with Gasteiger partial charge in [0, 0.05) is 24.8 Å². The molecule has 0 aliphatic rings. The van der Waals surface area contributed by atoms with Gasteiger partial charge < -0.3 is 15.4 Å². The maximum absolute atomic E-state index is 5.45. The third-order valence-corrected chi connectivity index (χ3v) is 2.09. The fraction of sp³-hybridized carbons (Fsp3) is 0.833. The van der Waals surface area contributed by atoms with Gasteiger partial charge in [-0.25, -0.2) is 0 Å². The van der Waals surface area contributed by atoms with E-state index in [1.165, 1.54) is 0 Å². The van der Waals surface area contributed by atoms with Crippen LogP contribution in [0.25, 0.3) is 0 Å². The van der Waals surface area contributed by atoms with Crippen LogP contribution in [0.2, 0.25) is 0 Å². The van der Waals surface area contributed by atoms with Gasteiger partial charge in [0.1, 0.15) is 0 Å². The predicted molar refractivity (Wildman–Crippen MR) is 65.9 cm³/mol. The minimum atomic E-state index is 0.493. The third-order valence-electron chi connectivity index (χ3n) is 2.09. The van der Waals surface area contributed by atoms with Crippen molar-refractivity contribution in [1.82, 2.24) is 10.6 Å². The van der Waals surface area contributed by atoms with E-state index in [-0.39, 0.29) is 0 Å². The lowest BCUT2D eigenvalue weighted by Gasteiger charge is -2.13. The monoisotopic (exact) mass is 214 g/mol. The van der Waals surface area contributed by atoms with Crippen LogP contribution in [0.4, 0.5) is 0 Å². The largest absolute Gasteiger partial charge is 0.386 e. The molecule has 3 nitrogen and oxygen atoms in total. The molecule has 0 rings (SSSR count). The summed E-state index contributed by atoms with van der Waals surface area (Å²) in [5, 5.41) is 6.54. The average molecular weight is 214 g/mol. The Kier molecular flexibility index (Phi) is 8.43. The van der Waals surface area contributed by atoms with E-state index < -0.39 is 0 Å². The first kappa shape index (κ1) is 14.5. The van der Waals surface area contributed by atoms with Gasteiger partial charge in [0.25, 0.3) is 0 Å². The van der Waals surface area contributed by atoms with Gasteiger partial charge in [-0.05, 0) is 5.92 Å². The van der Waals surface area contributed by atoms with Gasteiger partial charge in [-0.2, -0.15) is 0 Å². The standard InChI is InChI=1S/C12H26N2O/c1-10(2)12(5)14-7-9-15-8-6-13-11(3)4/h10-11,13-14H,5-9H2,1-4H3. The van der Waals surface area contributed by atoms with Gasteiger partial charge in [0.05, 0.1) is 13.2 Å². The van der Waals surface area contributed by atoms with Crippen molar-refractivity contribution in [2.24, 2.45) is 5.92 Å². The number of allylic oxidation sites excluding steroid dienone is 1. The van der Waals surface area contributed by atoms with Gasteiger partial charge in [0.2, 0.25) is 0 Å². The minimum Gasteiger partial charge on any atom is -0.386 e. The SMILES string of the molecule is C=C(NCCOCCNC(C)C)C(C)C. The quantitative estimate of drug-likeness (QED) is 0.574. The zero-order valence-corrected chi connectivity index (χ0v) is 10.6. The molecule has 0 atom stereocenters. The summed E-state index contributed by atoms with van der Waals surface area (Å²) in [6, 6.07) is 0.535. The summed E-state index contributed by atoms with van der Waals surface area (Å²) in [7, 11) is 0. The zero-order valence-electron chi connectivity index (χ0n) is 10.6. The predicted octanol–water partition coefficient (Wildman–Crippen LogP) is 1.76.